The first-order valence-electron chi connectivity index (χ1n) is 7.80. The Morgan fingerprint density at radius 2 is 1.83 bits per heavy atom. The molecule has 5 nitrogen and oxygen atoms in total. The maximum Gasteiger partial charge on any atom is 0.505 e. The summed E-state index contributed by atoms with van der Waals surface area (Å²) in [6, 6.07) is 1.97. The number of carbonyl (C=O) groups excluding carboxylic acids is 1. The molecule has 1 aromatic rings. The average molecular weight is 339 g/mol. The zero-order chi connectivity index (χ0) is 17.5. The van der Waals surface area contributed by atoms with Crippen molar-refractivity contribution >= 4 is 29.3 Å². The van der Waals surface area contributed by atoms with E-state index in [2.05, 4.69) is 5.32 Å². The van der Waals surface area contributed by atoms with Gasteiger partial charge in [-0.25, -0.2) is 4.79 Å². The van der Waals surface area contributed by atoms with Crippen LogP contribution in [0.5, 0.6) is 0 Å². The standard InChI is InChI=1S/C16H26BNO4S/c1-14(2,3)20-13(19)18-10-11-8-9-23-12(11)17-21-15(4,5)16(6,7)22-17/h8-9H,10H2,1-7H3,(H,18,19). The lowest BCUT2D eigenvalue weighted by molar-refractivity contribution is 0.00578. The second kappa shape index (κ2) is 6.11. The number of hydrogen-bond donors (Lipinski definition) is 1. The molecular weight excluding hydrogens is 313 g/mol. The third-order valence-electron chi connectivity index (χ3n) is 4.07. The highest BCUT2D eigenvalue weighted by atomic mass is 32.1. The normalized spacial score (nSPS) is 19.7. The van der Waals surface area contributed by atoms with E-state index in [-0.39, 0.29) is 11.2 Å². The van der Waals surface area contributed by atoms with E-state index in [4.69, 9.17) is 14.0 Å². The highest BCUT2D eigenvalue weighted by molar-refractivity contribution is 7.21. The Labute approximate surface area is 142 Å². The molecule has 2 heterocycles. The van der Waals surface area contributed by atoms with Gasteiger partial charge >= 0.3 is 13.2 Å². The molecule has 0 spiro atoms. The lowest BCUT2D eigenvalue weighted by Gasteiger charge is -2.32. The summed E-state index contributed by atoms with van der Waals surface area (Å²) in [4.78, 5) is 11.8. The van der Waals surface area contributed by atoms with Gasteiger partial charge in [0.2, 0.25) is 0 Å². The second-order valence-electron chi connectivity index (χ2n) is 7.75. The quantitative estimate of drug-likeness (QED) is 0.860. The monoisotopic (exact) mass is 339 g/mol. The van der Waals surface area contributed by atoms with Crippen molar-refractivity contribution in [1.29, 1.82) is 0 Å². The SMILES string of the molecule is CC(C)(C)OC(=O)NCc1ccsc1B1OC(C)(C)C(C)(C)O1. The summed E-state index contributed by atoms with van der Waals surface area (Å²) in [5.74, 6) is 0. The van der Waals surface area contributed by atoms with Crippen LogP contribution in [0.15, 0.2) is 11.4 Å². The van der Waals surface area contributed by atoms with Gasteiger partial charge in [0.15, 0.2) is 0 Å². The number of rotatable bonds is 3. The summed E-state index contributed by atoms with van der Waals surface area (Å²) in [7, 11) is -0.407. The third-order valence-corrected chi connectivity index (χ3v) is 5.05. The van der Waals surface area contributed by atoms with Crippen molar-refractivity contribution in [3.8, 4) is 0 Å². The van der Waals surface area contributed by atoms with Gasteiger partial charge in [0.05, 0.1) is 11.2 Å². The van der Waals surface area contributed by atoms with Crippen LogP contribution >= 0.6 is 11.3 Å². The van der Waals surface area contributed by atoms with E-state index in [1.54, 1.807) is 11.3 Å². The van der Waals surface area contributed by atoms with Gasteiger partial charge in [-0.3, -0.25) is 0 Å². The third kappa shape index (κ3) is 4.28. The number of amides is 1. The molecule has 1 amide bonds. The van der Waals surface area contributed by atoms with E-state index in [1.807, 2.05) is 59.9 Å². The highest BCUT2D eigenvalue weighted by Gasteiger charge is 2.52. The van der Waals surface area contributed by atoms with Gasteiger partial charge in [0.1, 0.15) is 5.60 Å². The number of ether oxygens (including phenoxy) is 1. The zero-order valence-corrected chi connectivity index (χ0v) is 15.8. The minimum atomic E-state index is -0.507. The summed E-state index contributed by atoms with van der Waals surface area (Å²) in [5.41, 5.74) is -0.276. The molecular formula is C16H26BNO4S. The number of nitrogens with one attached hydrogen (secondary N) is 1. The van der Waals surface area contributed by atoms with Gasteiger partial charge in [-0.05, 0) is 65.5 Å². The van der Waals surface area contributed by atoms with Crippen LogP contribution in [0.1, 0.15) is 54.0 Å². The fourth-order valence-electron chi connectivity index (χ4n) is 2.13. The van der Waals surface area contributed by atoms with E-state index in [1.165, 1.54) is 0 Å². The molecule has 1 N–H and O–H groups in total. The minimum Gasteiger partial charge on any atom is -0.444 e. The first-order chi connectivity index (χ1) is 10.4. The van der Waals surface area contributed by atoms with E-state index in [0.29, 0.717) is 6.54 Å². The van der Waals surface area contributed by atoms with Crippen LogP contribution in [0.3, 0.4) is 0 Å². The fourth-order valence-corrected chi connectivity index (χ4v) is 3.01. The van der Waals surface area contributed by atoms with Crippen LogP contribution in [-0.4, -0.2) is 30.0 Å². The summed E-state index contributed by atoms with van der Waals surface area (Å²) >= 11 is 1.57. The van der Waals surface area contributed by atoms with Gasteiger partial charge in [0.25, 0.3) is 0 Å². The lowest BCUT2D eigenvalue weighted by Crippen LogP contribution is -2.41. The average Bonchev–Trinajstić information content (AvgIpc) is 2.87. The molecule has 1 aliphatic rings. The minimum absolute atomic E-state index is 0.377. The largest absolute Gasteiger partial charge is 0.505 e. The number of hydrogen-bond acceptors (Lipinski definition) is 5. The molecule has 0 aliphatic carbocycles. The molecule has 0 atom stereocenters. The zero-order valence-electron chi connectivity index (χ0n) is 15.0. The van der Waals surface area contributed by atoms with Crippen LogP contribution in [0.2, 0.25) is 0 Å². The van der Waals surface area contributed by atoms with Crippen molar-refractivity contribution in [2.45, 2.75) is 71.8 Å². The Balaban J connectivity index is 2.03. The Kier molecular flexibility index (Phi) is 4.86. The van der Waals surface area contributed by atoms with Crippen molar-refractivity contribution < 1.29 is 18.8 Å². The molecule has 2 rings (SSSR count). The van der Waals surface area contributed by atoms with E-state index < -0.39 is 18.8 Å². The van der Waals surface area contributed by atoms with Crippen LogP contribution in [0.4, 0.5) is 4.79 Å². The fraction of sp³-hybridized carbons (Fsp3) is 0.688. The maximum absolute atomic E-state index is 11.8. The van der Waals surface area contributed by atoms with Crippen molar-refractivity contribution in [2.75, 3.05) is 0 Å². The summed E-state index contributed by atoms with van der Waals surface area (Å²) in [6.07, 6.45) is -0.427. The van der Waals surface area contributed by atoms with Crippen molar-refractivity contribution in [1.82, 2.24) is 5.32 Å². The molecule has 0 unspecified atom stereocenters. The predicted octanol–water partition coefficient (Wildman–Crippen LogP) is 3.07. The first-order valence-corrected chi connectivity index (χ1v) is 8.68. The van der Waals surface area contributed by atoms with E-state index in [0.717, 1.165) is 10.3 Å². The smallest absolute Gasteiger partial charge is 0.444 e. The molecule has 1 fully saturated rings. The Bertz CT molecular complexity index is 561. The Morgan fingerprint density at radius 1 is 1.26 bits per heavy atom. The molecule has 0 radical (unpaired) electrons. The molecule has 128 valence electrons. The first kappa shape index (κ1) is 18.3. The van der Waals surface area contributed by atoms with Crippen molar-refractivity contribution in [3.63, 3.8) is 0 Å². The molecule has 1 saturated heterocycles. The summed E-state index contributed by atoms with van der Waals surface area (Å²) in [5, 5.41) is 4.76. The van der Waals surface area contributed by atoms with Crippen LogP contribution in [-0.2, 0) is 20.6 Å². The topological polar surface area (TPSA) is 56.8 Å². The molecule has 1 aliphatic heterocycles. The van der Waals surface area contributed by atoms with Crippen molar-refractivity contribution in [2.24, 2.45) is 0 Å². The summed E-state index contributed by atoms with van der Waals surface area (Å²) in [6.45, 7) is 14.0. The van der Waals surface area contributed by atoms with Gasteiger partial charge in [-0.15, -0.1) is 0 Å². The van der Waals surface area contributed by atoms with E-state index in [9.17, 15) is 4.79 Å². The molecule has 7 heteroatoms. The molecule has 0 bridgehead atoms. The Hall–Kier alpha value is -1.05. The molecule has 1 aromatic heterocycles. The van der Waals surface area contributed by atoms with Crippen LogP contribution in [0.25, 0.3) is 0 Å². The molecule has 23 heavy (non-hydrogen) atoms. The highest BCUT2D eigenvalue weighted by Crippen LogP contribution is 2.37. The lowest BCUT2D eigenvalue weighted by atomic mass is 9.85. The van der Waals surface area contributed by atoms with Gasteiger partial charge in [-0.1, -0.05) is 0 Å². The molecule has 0 aromatic carbocycles. The van der Waals surface area contributed by atoms with Gasteiger partial charge in [0, 0.05) is 11.3 Å². The molecule has 0 saturated carbocycles. The Morgan fingerprint density at radius 3 is 2.35 bits per heavy atom. The van der Waals surface area contributed by atoms with Gasteiger partial charge in [-0.2, -0.15) is 11.3 Å². The van der Waals surface area contributed by atoms with Crippen molar-refractivity contribution in [3.05, 3.63) is 17.0 Å². The summed E-state index contributed by atoms with van der Waals surface area (Å²) < 4.78 is 18.4. The van der Waals surface area contributed by atoms with Crippen LogP contribution < -0.4 is 10.1 Å². The maximum atomic E-state index is 11.8. The van der Waals surface area contributed by atoms with Crippen LogP contribution in [0, 0.1) is 0 Å². The number of alkyl carbamates (subject to hydrolysis) is 1. The number of thiophene rings is 1. The predicted molar refractivity (Wildman–Crippen MR) is 93.1 cm³/mol. The number of carbonyl (C=O) groups is 1. The van der Waals surface area contributed by atoms with Gasteiger partial charge < -0.3 is 19.4 Å². The second-order valence-corrected chi connectivity index (χ2v) is 8.70. The van der Waals surface area contributed by atoms with E-state index >= 15 is 0 Å².